The third-order valence-electron chi connectivity index (χ3n) is 3.90. The van der Waals surface area contributed by atoms with Crippen molar-refractivity contribution in [2.75, 3.05) is 5.32 Å². The molecule has 0 unspecified atom stereocenters. The van der Waals surface area contributed by atoms with E-state index in [9.17, 15) is 9.18 Å². The molecule has 138 valence electrons. The molecule has 1 atom stereocenters. The maximum atomic E-state index is 13.1. The van der Waals surface area contributed by atoms with E-state index in [2.05, 4.69) is 5.32 Å². The number of hydrogen-bond donors (Lipinski definition) is 1. The Morgan fingerprint density at radius 2 is 1.70 bits per heavy atom. The van der Waals surface area contributed by atoms with Crippen molar-refractivity contribution in [2.24, 2.45) is 0 Å². The van der Waals surface area contributed by atoms with Crippen molar-refractivity contribution in [1.29, 1.82) is 0 Å². The van der Waals surface area contributed by atoms with E-state index in [1.807, 2.05) is 36.4 Å². The lowest BCUT2D eigenvalue weighted by Gasteiger charge is -2.16. The van der Waals surface area contributed by atoms with Crippen LogP contribution in [0.4, 0.5) is 10.1 Å². The van der Waals surface area contributed by atoms with Crippen LogP contribution in [0.2, 0.25) is 10.0 Å². The second-order valence-electron chi connectivity index (χ2n) is 5.88. The first-order valence-electron chi connectivity index (χ1n) is 8.21. The Kier molecular flexibility index (Phi) is 5.99. The average Bonchev–Trinajstić information content (AvgIpc) is 2.66. The lowest BCUT2D eigenvalue weighted by Crippen LogP contribution is -2.30. The summed E-state index contributed by atoms with van der Waals surface area (Å²) < 4.78 is 18.8. The van der Waals surface area contributed by atoms with Gasteiger partial charge in [0.05, 0.1) is 15.7 Å². The van der Waals surface area contributed by atoms with Gasteiger partial charge in [0.2, 0.25) is 0 Å². The van der Waals surface area contributed by atoms with Gasteiger partial charge in [0.1, 0.15) is 11.6 Å². The van der Waals surface area contributed by atoms with Crippen molar-refractivity contribution >= 4 is 34.8 Å². The van der Waals surface area contributed by atoms with E-state index in [4.69, 9.17) is 27.9 Å². The second kappa shape index (κ2) is 8.42. The van der Waals surface area contributed by atoms with Crippen LogP contribution in [0.25, 0.3) is 11.1 Å². The molecule has 0 spiro atoms. The number of benzene rings is 3. The average molecular weight is 404 g/mol. The van der Waals surface area contributed by atoms with Gasteiger partial charge >= 0.3 is 0 Å². The predicted molar refractivity (Wildman–Crippen MR) is 107 cm³/mol. The highest BCUT2D eigenvalue weighted by Gasteiger charge is 2.18. The summed E-state index contributed by atoms with van der Waals surface area (Å²) in [6.07, 6.45) is -0.828. The molecule has 3 nitrogen and oxygen atoms in total. The first-order chi connectivity index (χ1) is 12.9. The number of nitrogens with one attached hydrogen (secondary N) is 1. The molecule has 0 fully saturated rings. The van der Waals surface area contributed by atoms with Gasteiger partial charge in [0.25, 0.3) is 5.91 Å². The number of amides is 1. The number of carbonyl (C=O) groups excluding carboxylic acids is 1. The number of rotatable bonds is 5. The van der Waals surface area contributed by atoms with Crippen LogP contribution in [0.3, 0.4) is 0 Å². The van der Waals surface area contributed by atoms with Gasteiger partial charge in [-0.15, -0.1) is 0 Å². The van der Waals surface area contributed by atoms with Gasteiger partial charge in [-0.3, -0.25) is 4.79 Å². The SMILES string of the molecule is C[C@H](Oc1ccc(-c2ccccc2)cc1Cl)C(=O)Nc1ccc(F)cc1Cl. The topological polar surface area (TPSA) is 38.3 Å². The standard InChI is InChI=1S/C21H16Cl2FNO2/c1-13(21(26)25-19-9-8-16(24)12-17(19)22)27-20-10-7-15(11-18(20)23)14-5-3-2-4-6-14/h2-13H,1H3,(H,25,26)/t13-/m0/s1. The molecule has 3 aromatic rings. The number of anilines is 1. The molecule has 3 rings (SSSR count). The summed E-state index contributed by atoms with van der Waals surface area (Å²) in [6, 6.07) is 18.9. The molecular weight excluding hydrogens is 388 g/mol. The van der Waals surface area contributed by atoms with Crippen molar-refractivity contribution in [3.8, 4) is 16.9 Å². The van der Waals surface area contributed by atoms with Crippen molar-refractivity contribution in [3.05, 3.63) is 82.6 Å². The molecule has 27 heavy (non-hydrogen) atoms. The minimum atomic E-state index is -0.828. The summed E-state index contributed by atoms with van der Waals surface area (Å²) in [5.41, 5.74) is 2.29. The summed E-state index contributed by atoms with van der Waals surface area (Å²) in [4.78, 5) is 12.3. The fourth-order valence-electron chi connectivity index (χ4n) is 2.48. The van der Waals surface area contributed by atoms with Crippen LogP contribution in [0, 0.1) is 5.82 Å². The number of carbonyl (C=O) groups is 1. The highest BCUT2D eigenvalue weighted by Crippen LogP contribution is 2.31. The van der Waals surface area contributed by atoms with E-state index in [0.29, 0.717) is 16.5 Å². The zero-order valence-corrected chi connectivity index (χ0v) is 15.9. The van der Waals surface area contributed by atoms with Crippen LogP contribution in [0.1, 0.15) is 6.92 Å². The summed E-state index contributed by atoms with van der Waals surface area (Å²) in [5.74, 6) is -0.511. The van der Waals surface area contributed by atoms with Crippen molar-refractivity contribution < 1.29 is 13.9 Å². The molecule has 6 heteroatoms. The van der Waals surface area contributed by atoms with Crippen LogP contribution >= 0.6 is 23.2 Å². The van der Waals surface area contributed by atoms with Gasteiger partial charge in [-0.05, 0) is 48.4 Å². The molecule has 0 aliphatic heterocycles. The molecule has 0 saturated heterocycles. The Labute approximate surface area is 166 Å². The predicted octanol–water partition coefficient (Wildman–Crippen LogP) is 6.21. The molecule has 3 aromatic carbocycles. The van der Waals surface area contributed by atoms with E-state index >= 15 is 0 Å². The monoisotopic (exact) mass is 403 g/mol. The van der Waals surface area contributed by atoms with E-state index in [1.54, 1.807) is 19.1 Å². The Morgan fingerprint density at radius 1 is 0.963 bits per heavy atom. The maximum absolute atomic E-state index is 13.1. The van der Waals surface area contributed by atoms with Gasteiger partial charge < -0.3 is 10.1 Å². The van der Waals surface area contributed by atoms with Crippen LogP contribution < -0.4 is 10.1 Å². The largest absolute Gasteiger partial charge is 0.479 e. The smallest absolute Gasteiger partial charge is 0.265 e. The van der Waals surface area contributed by atoms with Gasteiger partial charge in [-0.2, -0.15) is 0 Å². The highest BCUT2D eigenvalue weighted by molar-refractivity contribution is 6.33. The molecule has 0 saturated carbocycles. The zero-order chi connectivity index (χ0) is 19.4. The molecule has 0 aliphatic rings. The van der Waals surface area contributed by atoms with Crippen LogP contribution in [-0.2, 0) is 4.79 Å². The maximum Gasteiger partial charge on any atom is 0.265 e. The molecule has 1 N–H and O–H groups in total. The number of hydrogen-bond acceptors (Lipinski definition) is 2. The molecule has 0 aliphatic carbocycles. The Hall–Kier alpha value is -2.56. The van der Waals surface area contributed by atoms with E-state index in [-0.39, 0.29) is 5.02 Å². The lowest BCUT2D eigenvalue weighted by molar-refractivity contribution is -0.122. The van der Waals surface area contributed by atoms with Gasteiger partial charge in [-0.25, -0.2) is 4.39 Å². The van der Waals surface area contributed by atoms with E-state index in [1.165, 1.54) is 12.1 Å². The molecule has 0 aromatic heterocycles. The minimum Gasteiger partial charge on any atom is -0.479 e. The molecule has 1 amide bonds. The first-order valence-corrected chi connectivity index (χ1v) is 8.97. The zero-order valence-electron chi connectivity index (χ0n) is 14.4. The Morgan fingerprint density at radius 3 is 2.37 bits per heavy atom. The van der Waals surface area contributed by atoms with E-state index < -0.39 is 17.8 Å². The highest BCUT2D eigenvalue weighted by atomic mass is 35.5. The molecule has 0 bridgehead atoms. The van der Waals surface area contributed by atoms with Gasteiger partial charge in [0.15, 0.2) is 6.10 Å². The quantitative estimate of drug-likeness (QED) is 0.550. The van der Waals surface area contributed by atoms with E-state index in [0.717, 1.165) is 17.2 Å². The van der Waals surface area contributed by atoms with Crippen molar-refractivity contribution in [3.63, 3.8) is 0 Å². The minimum absolute atomic E-state index is 0.112. The molecule has 0 radical (unpaired) electrons. The van der Waals surface area contributed by atoms with Crippen LogP contribution in [0.5, 0.6) is 5.75 Å². The fourth-order valence-corrected chi connectivity index (χ4v) is 2.92. The normalized spacial score (nSPS) is 11.7. The Bertz CT molecular complexity index is 964. The number of ether oxygens (including phenoxy) is 1. The molecule has 0 heterocycles. The first kappa shape index (κ1) is 19.2. The lowest BCUT2D eigenvalue weighted by atomic mass is 10.1. The number of halogens is 3. The summed E-state index contributed by atoms with van der Waals surface area (Å²) in [5, 5.41) is 3.12. The molecular formula is C21H16Cl2FNO2. The van der Waals surface area contributed by atoms with Gasteiger partial charge in [0, 0.05) is 0 Å². The fraction of sp³-hybridized carbons (Fsp3) is 0.0952. The van der Waals surface area contributed by atoms with Crippen LogP contribution in [-0.4, -0.2) is 12.0 Å². The third kappa shape index (κ3) is 4.79. The van der Waals surface area contributed by atoms with Crippen molar-refractivity contribution in [1.82, 2.24) is 0 Å². The van der Waals surface area contributed by atoms with Crippen LogP contribution in [0.15, 0.2) is 66.7 Å². The van der Waals surface area contributed by atoms with Gasteiger partial charge in [-0.1, -0.05) is 59.6 Å². The Balaban J connectivity index is 1.70. The summed E-state index contributed by atoms with van der Waals surface area (Å²) in [7, 11) is 0. The summed E-state index contributed by atoms with van der Waals surface area (Å²) >= 11 is 12.2. The third-order valence-corrected chi connectivity index (χ3v) is 4.51. The second-order valence-corrected chi connectivity index (χ2v) is 6.70. The van der Waals surface area contributed by atoms with Crippen molar-refractivity contribution in [2.45, 2.75) is 13.0 Å². The summed E-state index contributed by atoms with van der Waals surface area (Å²) in [6.45, 7) is 1.59.